The second-order valence-electron chi connectivity index (χ2n) is 5.74. The summed E-state index contributed by atoms with van der Waals surface area (Å²) in [6.45, 7) is 8.92. The Hall–Kier alpha value is -1.05. The van der Waals surface area contributed by atoms with Crippen molar-refractivity contribution in [1.29, 1.82) is 0 Å². The first-order valence-corrected chi connectivity index (χ1v) is 8.18. The molecule has 2 N–H and O–H groups in total. The molecule has 132 valence electrons. The van der Waals surface area contributed by atoms with Crippen LogP contribution in [0.4, 0.5) is 0 Å². The fraction of sp³-hybridized carbons (Fsp3) is 0.647. The van der Waals surface area contributed by atoms with Gasteiger partial charge in [-0.3, -0.25) is 4.99 Å². The van der Waals surface area contributed by atoms with Gasteiger partial charge in [-0.2, -0.15) is 0 Å². The monoisotopic (exact) mass is 434 g/mol. The van der Waals surface area contributed by atoms with Gasteiger partial charge in [0.1, 0.15) is 0 Å². The molecule has 0 saturated carbocycles. The summed E-state index contributed by atoms with van der Waals surface area (Å²) in [6.07, 6.45) is 5.21. The highest BCUT2D eigenvalue weighted by Crippen LogP contribution is 2.07. The van der Waals surface area contributed by atoms with Crippen molar-refractivity contribution in [3.8, 4) is 5.88 Å². The van der Waals surface area contributed by atoms with Crippen molar-refractivity contribution in [2.45, 2.75) is 46.6 Å². The van der Waals surface area contributed by atoms with Gasteiger partial charge in [-0.05, 0) is 30.7 Å². The van der Waals surface area contributed by atoms with Crippen molar-refractivity contribution < 1.29 is 4.74 Å². The number of halogens is 1. The van der Waals surface area contributed by atoms with E-state index < -0.39 is 0 Å². The third kappa shape index (κ3) is 10.4. The van der Waals surface area contributed by atoms with Crippen molar-refractivity contribution in [3.05, 3.63) is 23.9 Å². The predicted molar refractivity (Wildman–Crippen MR) is 108 cm³/mol. The van der Waals surface area contributed by atoms with Crippen LogP contribution < -0.4 is 15.4 Å². The number of nitrogens with one attached hydrogen (secondary N) is 2. The zero-order valence-corrected chi connectivity index (χ0v) is 17.1. The first-order chi connectivity index (χ1) is 10.7. The van der Waals surface area contributed by atoms with Gasteiger partial charge in [0.2, 0.25) is 5.88 Å². The fourth-order valence-corrected chi connectivity index (χ4v) is 1.93. The lowest BCUT2D eigenvalue weighted by Gasteiger charge is -2.12. The summed E-state index contributed by atoms with van der Waals surface area (Å²) in [6, 6.07) is 3.93. The zero-order chi connectivity index (χ0) is 16.2. The van der Waals surface area contributed by atoms with Crippen molar-refractivity contribution in [1.82, 2.24) is 15.6 Å². The molecule has 0 atom stereocenters. The van der Waals surface area contributed by atoms with Gasteiger partial charge in [-0.15, -0.1) is 24.0 Å². The van der Waals surface area contributed by atoms with Gasteiger partial charge in [0.15, 0.2) is 5.96 Å². The molecule has 0 aliphatic rings. The van der Waals surface area contributed by atoms with E-state index in [-0.39, 0.29) is 24.0 Å². The molecular formula is C17H31IN4O. The Kier molecular flexibility index (Phi) is 12.8. The van der Waals surface area contributed by atoms with E-state index in [4.69, 9.17) is 4.74 Å². The van der Waals surface area contributed by atoms with E-state index in [1.54, 1.807) is 7.05 Å². The molecular weight excluding hydrogens is 403 g/mol. The van der Waals surface area contributed by atoms with Crippen molar-refractivity contribution in [2.24, 2.45) is 10.9 Å². The molecule has 0 bridgehead atoms. The quantitative estimate of drug-likeness (QED) is 0.270. The Morgan fingerprint density at radius 3 is 2.65 bits per heavy atom. The van der Waals surface area contributed by atoms with Crippen LogP contribution in [0.5, 0.6) is 5.88 Å². The minimum Gasteiger partial charge on any atom is -0.478 e. The highest BCUT2D eigenvalue weighted by Gasteiger charge is 2.00. The molecule has 23 heavy (non-hydrogen) atoms. The Morgan fingerprint density at radius 1 is 1.30 bits per heavy atom. The normalized spacial score (nSPS) is 11.1. The second kappa shape index (κ2) is 13.4. The van der Waals surface area contributed by atoms with E-state index in [1.165, 1.54) is 6.42 Å². The SMILES string of the molecule is CCCOc1ccc(CNC(=NC)NCCCC(C)C)cn1.I. The smallest absolute Gasteiger partial charge is 0.213 e. The topological polar surface area (TPSA) is 58.5 Å². The fourth-order valence-electron chi connectivity index (χ4n) is 1.93. The van der Waals surface area contributed by atoms with Crippen molar-refractivity contribution in [2.75, 3.05) is 20.2 Å². The predicted octanol–water partition coefficient (Wildman–Crippen LogP) is 3.59. The lowest BCUT2D eigenvalue weighted by molar-refractivity contribution is 0.305. The van der Waals surface area contributed by atoms with Crippen LogP contribution in [-0.4, -0.2) is 31.1 Å². The molecule has 0 aliphatic carbocycles. The number of nitrogens with zero attached hydrogens (tertiary/aromatic N) is 2. The molecule has 0 aromatic carbocycles. The van der Waals surface area contributed by atoms with Crippen LogP contribution in [0.3, 0.4) is 0 Å². The molecule has 0 radical (unpaired) electrons. The van der Waals surface area contributed by atoms with Crippen LogP contribution in [0.25, 0.3) is 0 Å². The summed E-state index contributed by atoms with van der Waals surface area (Å²) in [5.41, 5.74) is 1.11. The maximum atomic E-state index is 5.47. The average Bonchev–Trinajstić information content (AvgIpc) is 2.53. The highest BCUT2D eigenvalue weighted by atomic mass is 127. The number of aliphatic imine (C=N–C) groups is 1. The Bertz CT molecular complexity index is 435. The molecule has 1 heterocycles. The standard InChI is InChI=1S/C17H30N4O.HI/c1-5-11-22-16-9-8-15(12-20-16)13-21-17(18-4)19-10-6-7-14(2)3;/h8-9,12,14H,5-7,10-11,13H2,1-4H3,(H2,18,19,21);1H. The maximum Gasteiger partial charge on any atom is 0.213 e. The number of hydrogen-bond donors (Lipinski definition) is 2. The third-order valence-corrected chi connectivity index (χ3v) is 3.19. The Labute approximate surface area is 157 Å². The third-order valence-electron chi connectivity index (χ3n) is 3.19. The number of pyridine rings is 1. The van der Waals surface area contributed by atoms with Crippen LogP contribution >= 0.6 is 24.0 Å². The van der Waals surface area contributed by atoms with E-state index >= 15 is 0 Å². The molecule has 0 amide bonds. The summed E-state index contributed by atoms with van der Waals surface area (Å²) >= 11 is 0. The van der Waals surface area contributed by atoms with E-state index in [9.17, 15) is 0 Å². The molecule has 0 fully saturated rings. The van der Waals surface area contributed by atoms with E-state index in [0.717, 1.165) is 36.8 Å². The summed E-state index contributed by atoms with van der Waals surface area (Å²) in [5.74, 6) is 2.26. The Balaban J connectivity index is 0.00000484. The summed E-state index contributed by atoms with van der Waals surface area (Å²) in [4.78, 5) is 8.52. The molecule has 1 aromatic heterocycles. The van der Waals surface area contributed by atoms with Crippen molar-refractivity contribution in [3.63, 3.8) is 0 Å². The van der Waals surface area contributed by atoms with E-state index in [0.29, 0.717) is 19.0 Å². The number of aromatic nitrogens is 1. The molecule has 0 spiro atoms. The minimum atomic E-state index is 0. The van der Waals surface area contributed by atoms with Gasteiger partial charge in [0, 0.05) is 32.4 Å². The summed E-state index contributed by atoms with van der Waals surface area (Å²) < 4.78 is 5.47. The zero-order valence-electron chi connectivity index (χ0n) is 14.8. The molecule has 1 rings (SSSR count). The van der Waals surface area contributed by atoms with Gasteiger partial charge in [-0.25, -0.2) is 4.98 Å². The lowest BCUT2D eigenvalue weighted by Crippen LogP contribution is -2.37. The molecule has 5 nitrogen and oxygen atoms in total. The average molecular weight is 434 g/mol. The van der Waals surface area contributed by atoms with Gasteiger partial charge >= 0.3 is 0 Å². The first-order valence-electron chi connectivity index (χ1n) is 8.18. The van der Waals surface area contributed by atoms with Crippen LogP contribution in [0.1, 0.15) is 45.6 Å². The summed E-state index contributed by atoms with van der Waals surface area (Å²) in [7, 11) is 1.79. The van der Waals surface area contributed by atoms with Gasteiger partial charge < -0.3 is 15.4 Å². The lowest BCUT2D eigenvalue weighted by atomic mass is 10.1. The molecule has 0 unspecified atom stereocenters. The number of rotatable bonds is 9. The minimum absolute atomic E-state index is 0. The van der Waals surface area contributed by atoms with Crippen LogP contribution in [0.15, 0.2) is 23.3 Å². The Morgan fingerprint density at radius 2 is 2.09 bits per heavy atom. The van der Waals surface area contributed by atoms with Gasteiger partial charge in [-0.1, -0.05) is 26.8 Å². The maximum absolute atomic E-state index is 5.47. The number of guanidine groups is 1. The largest absolute Gasteiger partial charge is 0.478 e. The highest BCUT2D eigenvalue weighted by molar-refractivity contribution is 14.0. The van der Waals surface area contributed by atoms with E-state index in [1.807, 2.05) is 18.3 Å². The summed E-state index contributed by atoms with van der Waals surface area (Å²) in [5, 5.41) is 6.62. The number of ether oxygens (including phenoxy) is 1. The van der Waals surface area contributed by atoms with Crippen molar-refractivity contribution >= 4 is 29.9 Å². The van der Waals surface area contributed by atoms with Crippen LogP contribution in [-0.2, 0) is 6.54 Å². The van der Waals surface area contributed by atoms with E-state index in [2.05, 4.69) is 41.4 Å². The second-order valence-corrected chi connectivity index (χ2v) is 5.74. The first kappa shape index (κ1) is 21.9. The molecule has 0 saturated heterocycles. The van der Waals surface area contributed by atoms with Crippen LogP contribution in [0, 0.1) is 5.92 Å². The molecule has 0 aliphatic heterocycles. The van der Waals surface area contributed by atoms with Crippen LogP contribution in [0.2, 0.25) is 0 Å². The molecule has 6 heteroatoms. The molecule has 1 aromatic rings. The van der Waals surface area contributed by atoms with Gasteiger partial charge in [0.05, 0.1) is 6.61 Å². The number of hydrogen-bond acceptors (Lipinski definition) is 3. The van der Waals surface area contributed by atoms with Gasteiger partial charge in [0.25, 0.3) is 0 Å².